The fourth-order valence-electron chi connectivity index (χ4n) is 1.69. The molecule has 20 heavy (non-hydrogen) atoms. The van der Waals surface area contributed by atoms with Gasteiger partial charge in [0.25, 0.3) is 0 Å². The number of sulfonamides is 1. The number of benzene rings is 1. The monoisotopic (exact) mass is 318 g/mol. The fourth-order valence-corrected chi connectivity index (χ4v) is 3.36. The summed E-state index contributed by atoms with van der Waals surface area (Å²) in [5.41, 5.74) is 5.22. The van der Waals surface area contributed by atoms with Crippen LogP contribution in [-0.4, -0.2) is 31.3 Å². The molecule has 0 bridgehead atoms. The van der Waals surface area contributed by atoms with Crippen molar-refractivity contribution >= 4 is 27.2 Å². The van der Waals surface area contributed by atoms with Crippen molar-refractivity contribution in [3.63, 3.8) is 0 Å². The Morgan fingerprint density at radius 2 is 2.05 bits per heavy atom. The third-order valence-electron chi connectivity index (χ3n) is 2.93. The van der Waals surface area contributed by atoms with Crippen LogP contribution in [0.5, 0.6) is 0 Å². The van der Waals surface area contributed by atoms with E-state index in [1.165, 1.54) is 23.5 Å². The first kappa shape index (κ1) is 17.0. The van der Waals surface area contributed by atoms with Crippen LogP contribution in [0.3, 0.4) is 0 Å². The lowest BCUT2D eigenvalue weighted by Crippen LogP contribution is -2.31. The Kier molecular flexibility index (Phi) is 5.61. The SMILES string of the molecule is CC(C)CCN(C)S(=O)(=O)c1cccc(F)c1C(N)=S. The number of nitrogens with two attached hydrogens (primary N) is 1. The van der Waals surface area contributed by atoms with Crippen LogP contribution in [0.25, 0.3) is 0 Å². The Hall–Kier alpha value is -1.05. The second kappa shape index (κ2) is 6.60. The van der Waals surface area contributed by atoms with E-state index in [1.54, 1.807) is 0 Å². The zero-order valence-electron chi connectivity index (χ0n) is 11.8. The first-order chi connectivity index (χ1) is 9.17. The molecule has 0 aliphatic heterocycles. The molecule has 0 spiro atoms. The molecule has 0 unspecified atom stereocenters. The van der Waals surface area contributed by atoms with Crippen LogP contribution >= 0.6 is 12.2 Å². The minimum atomic E-state index is -3.81. The van der Waals surface area contributed by atoms with Crippen LogP contribution in [0.4, 0.5) is 4.39 Å². The molecule has 0 aromatic heterocycles. The summed E-state index contributed by atoms with van der Waals surface area (Å²) < 4.78 is 39.9. The van der Waals surface area contributed by atoms with E-state index >= 15 is 0 Å². The summed E-state index contributed by atoms with van der Waals surface area (Å²) in [6.45, 7) is 4.36. The number of thiocarbonyl (C=S) groups is 1. The van der Waals surface area contributed by atoms with Crippen molar-refractivity contribution in [3.05, 3.63) is 29.6 Å². The Labute approximate surface area is 124 Å². The molecule has 1 aromatic rings. The fraction of sp³-hybridized carbons (Fsp3) is 0.462. The Bertz CT molecular complexity index is 600. The van der Waals surface area contributed by atoms with Gasteiger partial charge in [-0.15, -0.1) is 0 Å². The zero-order valence-corrected chi connectivity index (χ0v) is 13.4. The molecule has 0 atom stereocenters. The molecule has 0 fully saturated rings. The molecule has 7 heteroatoms. The van der Waals surface area contributed by atoms with Gasteiger partial charge in [-0.05, 0) is 24.5 Å². The molecule has 0 heterocycles. The highest BCUT2D eigenvalue weighted by Crippen LogP contribution is 2.22. The maximum atomic E-state index is 13.8. The van der Waals surface area contributed by atoms with Gasteiger partial charge in [-0.25, -0.2) is 17.1 Å². The number of hydrogen-bond acceptors (Lipinski definition) is 3. The van der Waals surface area contributed by atoms with Gasteiger partial charge < -0.3 is 5.73 Å². The topological polar surface area (TPSA) is 63.4 Å². The third-order valence-corrected chi connectivity index (χ3v) is 5.03. The molecule has 0 saturated carbocycles. The minimum absolute atomic E-state index is 0.184. The first-order valence-electron chi connectivity index (χ1n) is 6.22. The van der Waals surface area contributed by atoms with Crippen LogP contribution in [0.15, 0.2) is 23.1 Å². The van der Waals surface area contributed by atoms with Gasteiger partial charge in [-0.2, -0.15) is 0 Å². The molecule has 0 aliphatic rings. The van der Waals surface area contributed by atoms with E-state index in [9.17, 15) is 12.8 Å². The average molecular weight is 318 g/mol. The van der Waals surface area contributed by atoms with Gasteiger partial charge in [-0.1, -0.05) is 32.1 Å². The molecule has 1 aromatic carbocycles. The summed E-state index contributed by atoms with van der Waals surface area (Å²) in [4.78, 5) is -0.449. The van der Waals surface area contributed by atoms with Gasteiger partial charge >= 0.3 is 0 Å². The van der Waals surface area contributed by atoms with E-state index in [-0.39, 0.29) is 15.4 Å². The molecule has 2 N–H and O–H groups in total. The lowest BCUT2D eigenvalue weighted by molar-refractivity contribution is 0.427. The van der Waals surface area contributed by atoms with Crippen molar-refractivity contribution in [2.45, 2.75) is 25.2 Å². The lowest BCUT2D eigenvalue weighted by Gasteiger charge is -2.20. The minimum Gasteiger partial charge on any atom is -0.389 e. The summed E-state index contributed by atoms with van der Waals surface area (Å²) in [5.74, 6) is -0.356. The van der Waals surface area contributed by atoms with Crippen LogP contribution < -0.4 is 5.73 Å². The Morgan fingerprint density at radius 3 is 2.55 bits per heavy atom. The van der Waals surface area contributed by atoms with Crippen molar-refractivity contribution in [2.24, 2.45) is 11.7 Å². The second-order valence-corrected chi connectivity index (χ2v) is 7.44. The van der Waals surface area contributed by atoms with Gasteiger partial charge in [0.05, 0.1) is 10.5 Å². The number of nitrogens with zero attached hydrogens (tertiary/aromatic N) is 1. The van der Waals surface area contributed by atoms with Gasteiger partial charge in [0.2, 0.25) is 10.0 Å². The molecule has 0 amide bonds. The van der Waals surface area contributed by atoms with Crippen molar-refractivity contribution in [1.29, 1.82) is 0 Å². The molecular weight excluding hydrogens is 299 g/mol. The standard InChI is InChI=1S/C13H19FN2O2S2/c1-9(2)7-8-16(3)20(17,18)11-6-4-5-10(14)12(11)13(15)19/h4-6,9H,7-8H2,1-3H3,(H2,15,19). The van der Waals surface area contributed by atoms with E-state index in [4.69, 9.17) is 18.0 Å². The Balaban J connectivity index is 3.22. The smallest absolute Gasteiger partial charge is 0.243 e. The summed E-state index contributed by atoms with van der Waals surface area (Å²) in [7, 11) is -2.34. The van der Waals surface area contributed by atoms with Crippen LogP contribution in [0.1, 0.15) is 25.8 Å². The summed E-state index contributed by atoms with van der Waals surface area (Å²) in [5, 5.41) is 0. The van der Waals surface area contributed by atoms with Gasteiger partial charge in [-0.3, -0.25) is 0 Å². The predicted octanol–water partition coefficient (Wildman–Crippen LogP) is 2.13. The maximum Gasteiger partial charge on any atom is 0.243 e. The maximum absolute atomic E-state index is 13.8. The molecule has 112 valence electrons. The Morgan fingerprint density at radius 1 is 1.45 bits per heavy atom. The number of halogens is 1. The molecular formula is C13H19FN2O2S2. The van der Waals surface area contributed by atoms with Crippen LogP contribution in [0, 0.1) is 11.7 Å². The summed E-state index contributed by atoms with van der Waals surface area (Å²) in [6.07, 6.45) is 0.716. The predicted molar refractivity (Wildman–Crippen MR) is 81.6 cm³/mol. The van der Waals surface area contributed by atoms with Crippen LogP contribution in [0.2, 0.25) is 0 Å². The highest BCUT2D eigenvalue weighted by atomic mass is 32.2. The van der Waals surface area contributed by atoms with E-state index < -0.39 is 15.8 Å². The van der Waals surface area contributed by atoms with Gasteiger partial charge in [0, 0.05) is 13.6 Å². The largest absolute Gasteiger partial charge is 0.389 e. The van der Waals surface area contributed by atoms with Gasteiger partial charge in [0.15, 0.2) is 0 Å². The van der Waals surface area contributed by atoms with E-state index in [0.717, 1.165) is 6.07 Å². The summed E-state index contributed by atoms with van der Waals surface area (Å²) >= 11 is 4.75. The third kappa shape index (κ3) is 3.74. The summed E-state index contributed by atoms with van der Waals surface area (Å²) in [6, 6.07) is 3.79. The van der Waals surface area contributed by atoms with Crippen molar-refractivity contribution in [3.8, 4) is 0 Å². The van der Waals surface area contributed by atoms with Crippen molar-refractivity contribution in [2.75, 3.05) is 13.6 Å². The average Bonchev–Trinajstić information content (AvgIpc) is 2.34. The van der Waals surface area contributed by atoms with E-state index in [0.29, 0.717) is 18.9 Å². The van der Waals surface area contributed by atoms with Crippen LogP contribution in [-0.2, 0) is 10.0 Å². The lowest BCUT2D eigenvalue weighted by atomic mass is 10.1. The number of rotatable bonds is 6. The highest BCUT2D eigenvalue weighted by Gasteiger charge is 2.26. The first-order valence-corrected chi connectivity index (χ1v) is 8.07. The zero-order chi connectivity index (χ0) is 15.5. The van der Waals surface area contributed by atoms with Crippen molar-refractivity contribution < 1.29 is 12.8 Å². The highest BCUT2D eigenvalue weighted by molar-refractivity contribution is 7.89. The molecule has 1 rings (SSSR count). The molecule has 0 radical (unpaired) electrons. The molecule has 4 nitrogen and oxygen atoms in total. The normalized spacial score (nSPS) is 12.1. The second-order valence-electron chi connectivity index (χ2n) is 4.99. The quantitative estimate of drug-likeness (QED) is 0.816. The number of hydrogen-bond donors (Lipinski definition) is 1. The molecule has 0 aliphatic carbocycles. The molecule has 0 saturated heterocycles. The van der Waals surface area contributed by atoms with Gasteiger partial charge in [0.1, 0.15) is 10.8 Å². The van der Waals surface area contributed by atoms with E-state index in [2.05, 4.69) is 0 Å². The van der Waals surface area contributed by atoms with Crippen molar-refractivity contribution in [1.82, 2.24) is 4.31 Å². The van der Waals surface area contributed by atoms with E-state index in [1.807, 2.05) is 13.8 Å².